The molecule has 0 aromatic carbocycles. The van der Waals surface area contributed by atoms with Crippen LogP contribution in [-0.2, 0) is 0 Å². The molecule has 2 saturated heterocycles. The Labute approximate surface area is 169 Å². The summed E-state index contributed by atoms with van der Waals surface area (Å²) in [6, 6.07) is 5.48. The van der Waals surface area contributed by atoms with E-state index in [-0.39, 0.29) is 12.4 Å². The van der Waals surface area contributed by atoms with Gasteiger partial charge in [0, 0.05) is 52.4 Å². The number of anilines is 4. The summed E-state index contributed by atoms with van der Waals surface area (Å²) in [4.78, 5) is 22.4. The maximum atomic E-state index is 8.89. The second-order valence-corrected chi connectivity index (χ2v) is 6.40. The molecule has 2 aromatic rings. The molecule has 0 spiro atoms. The summed E-state index contributed by atoms with van der Waals surface area (Å²) in [6.45, 7) is 7.11. The number of pyridine rings is 1. The molecule has 0 aliphatic carbocycles. The molecule has 2 aliphatic rings. The average molecular weight is 403 g/mol. The Morgan fingerprint density at radius 3 is 1.93 bits per heavy atom. The first kappa shape index (κ1) is 20.0. The maximum Gasteiger partial charge on any atom is 0.233 e. The number of piperazine rings is 2. The van der Waals surface area contributed by atoms with Crippen molar-refractivity contribution >= 4 is 35.9 Å². The van der Waals surface area contributed by atoms with Crippen LogP contribution in [0.15, 0.2) is 18.3 Å². The Balaban J connectivity index is 0.00000225. The van der Waals surface area contributed by atoms with Gasteiger partial charge in [0.15, 0.2) is 0 Å². The first-order valence-electron chi connectivity index (χ1n) is 9.12. The topological polar surface area (TPSA) is 118 Å². The summed E-state index contributed by atoms with van der Waals surface area (Å²) in [5.41, 5.74) is 1.11. The third-order valence-electron chi connectivity index (χ3n) is 4.55. The molecule has 2 fully saturated rings. The van der Waals surface area contributed by atoms with E-state index in [1.54, 1.807) is 18.3 Å². The van der Waals surface area contributed by atoms with Gasteiger partial charge in [-0.2, -0.15) is 20.2 Å². The molecule has 2 aromatic heterocycles. The molecule has 4 heterocycles. The van der Waals surface area contributed by atoms with Gasteiger partial charge in [-0.05, 0) is 12.1 Å². The van der Waals surface area contributed by atoms with Crippen molar-refractivity contribution in [2.45, 2.75) is 0 Å². The number of nitrogens with zero attached hydrogens (tertiary/aromatic N) is 7. The fourth-order valence-corrected chi connectivity index (χ4v) is 3.09. The van der Waals surface area contributed by atoms with Crippen molar-refractivity contribution in [3.8, 4) is 6.07 Å². The van der Waals surface area contributed by atoms with Gasteiger partial charge in [-0.25, -0.2) is 4.98 Å². The summed E-state index contributed by atoms with van der Waals surface area (Å²) >= 11 is 0. The largest absolute Gasteiger partial charge is 0.338 e. The molecule has 2 aliphatic heterocycles. The second-order valence-electron chi connectivity index (χ2n) is 6.40. The van der Waals surface area contributed by atoms with Crippen LogP contribution in [0.3, 0.4) is 0 Å². The molecule has 0 unspecified atom stereocenters. The zero-order valence-electron chi connectivity index (χ0n) is 15.4. The summed E-state index contributed by atoms with van der Waals surface area (Å²) in [5.74, 6) is 1.85. The summed E-state index contributed by atoms with van der Waals surface area (Å²) in [7, 11) is 0. The van der Waals surface area contributed by atoms with Crippen LogP contribution in [0.4, 0.5) is 23.5 Å². The third kappa shape index (κ3) is 4.75. The van der Waals surface area contributed by atoms with E-state index in [1.807, 2.05) is 6.07 Å². The fraction of sp³-hybridized carbons (Fsp3) is 0.471. The smallest absolute Gasteiger partial charge is 0.233 e. The van der Waals surface area contributed by atoms with Crippen LogP contribution in [0.5, 0.6) is 0 Å². The molecule has 0 atom stereocenters. The lowest BCUT2D eigenvalue weighted by molar-refractivity contribution is 0.568. The van der Waals surface area contributed by atoms with E-state index >= 15 is 0 Å². The number of nitrogens with one attached hydrogen (secondary N) is 3. The Hall–Kier alpha value is -2.74. The molecule has 3 N–H and O–H groups in total. The molecule has 0 amide bonds. The monoisotopic (exact) mass is 402 g/mol. The highest BCUT2D eigenvalue weighted by atomic mass is 35.5. The van der Waals surface area contributed by atoms with Crippen molar-refractivity contribution in [2.24, 2.45) is 0 Å². The van der Waals surface area contributed by atoms with Crippen molar-refractivity contribution < 1.29 is 0 Å². The molecular weight excluding hydrogens is 380 g/mol. The standard InChI is InChI=1S/C17H22N10.ClH/c18-11-13-1-2-14(12-21-13)22-15-23-16(26-7-3-19-4-8-26)25-17(24-15)27-9-5-20-6-10-27;/h1-2,12,19-20H,3-10H2,(H,22,23,24,25);1H. The van der Waals surface area contributed by atoms with E-state index in [2.05, 4.69) is 40.7 Å². The lowest BCUT2D eigenvalue weighted by atomic mass is 10.3. The van der Waals surface area contributed by atoms with Gasteiger partial charge in [-0.15, -0.1) is 12.4 Å². The van der Waals surface area contributed by atoms with E-state index in [1.165, 1.54) is 0 Å². The lowest BCUT2D eigenvalue weighted by Crippen LogP contribution is -2.46. The third-order valence-corrected chi connectivity index (χ3v) is 4.55. The van der Waals surface area contributed by atoms with Crippen LogP contribution in [0.25, 0.3) is 0 Å². The van der Waals surface area contributed by atoms with E-state index < -0.39 is 0 Å². The number of nitriles is 1. The lowest BCUT2D eigenvalue weighted by Gasteiger charge is -2.30. The van der Waals surface area contributed by atoms with Crippen LogP contribution in [0, 0.1) is 11.3 Å². The van der Waals surface area contributed by atoms with E-state index in [0.29, 0.717) is 23.5 Å². The Bertz CT molecular complexity index is 773. The van der Waals surface area contributed by atoms with E-state index in [4.69, 9.17) is 10.2 Å². The SMILES string of the molecule is Cl.N#Cc1ccc(Nc2nc(N3CCNCC3)nc(N3CCNCC3)n2)cn1. The van der Waals surface area contributed by atoms with Crippen LogP contribution < -0.4 is 25.8 Å². The van der Waals surface area contributed by atoms with Crippen molar-refractivity contribution in [1.29, 1.82) is 5.26 Å². The van der Waals surface area contributed by atoms with E-state index in [0.717, 1.165) is 58.0 Å². The van der Waals surface area contributed by atoms with Gasteiger partial charge in [-0.3, -0.25) is 0 Å². The van der Waals surface area contributed by atoms with Crippen molar-refractivity contribution in [3.05, 3.63) is 24.0 Å². The molecule has 11 heteroatoms. The summed E-state index contributed by atoms with van der Waals surface area (Å²) in [5, 5.41) is 18.8. The van der Waals surface area contributed by atoms with Crippen molar-refractivity contribution in [1.82, 2.24) is 30.6 Å². The Morgan fingerprint density at radius 2 is 1.46 bits per heavy atom. The highest BCUT2D eigenvalue weighted by Gasteiger charge is 2.20. The van der Waals surface area contributed by atoms with Crippen LogP contribution in [0.1, 0.15) is 5.69 Å². The normalized spacial score (nSPS) is 16.8. The first-order valence-corrected chi connectivity index (χ1v) is 9.12. The zero-order valence-corrected chi connectivity index (χ0v) is 16.2. The van der Waals surface area contributed by atoms with E-state index in [9.17, 15) is 0 Å². The Morgan fingerprint density at radius 1 is 0.893 bits per heavy atom. The van der Waals surface area contributed by atoms with Gasteiger partial charge in [0.1, 0.15) is 11.8 Å². The number of hydrogen-bond acceptors (Lipinski definition) is 10. The predicted molar refractivity (Wildman–Crippen MR) is 109 cm³/mol. The zero-order chi connectivity index (χ0) is 18.5. The summed E-state index contributed by atoms with van der Waals surface area (Å²) in [6.07, 6.45) is 1.61. The van der Waals surface area contributed by atoms with Crippen molar-refractivity contribution in [3.63, 3.8) is 0 Å². The van der Waals surface area contributed by atoms with Gasteiger partial charge in [-0.1, -0.05) is 0 Å². The average Bonchev–Trinajstić information content (AvgIpc) is 2.75. The molecule has 0 saturated carbocycles. The second kappa shape index (κ2) is 9.45. The minimum absolute atomic E-state index is 0. The highest BCUT2D eigenvalue weighted by Crippen LogP contribution is 2.20. The quantitative estimate of drug-likeness (QED) is 0.650. The summed E-state index contributed by atoms with van der Waals surface area (Å²) < 4.78 is 0. The molecule has 28 heavy (non-hydrogen) atoms. The highest BCUT2D eigenvalue weighted by molar-refractivity contribution is 5.85. The number of hydrogen-bond donors (Lipinski definition) is 3. The molecule has 0 bridgehead atoms. The molecule has 0 radical (unpaired) electrons. The number of aromatic nitrogens is 4. The minimum atomic E-state index is 0. The fourth-order valence-electron chi connectivity index (χ4n) is 3.09. The molecule has 10 nitrogen and oxygen atoms in total. The van der Waals surface area contributed by atoms with Gasteiger partial charge < -0.3 is 25.8 Å². The van der Waals surface area contributed by atoms with Gasteiger partial charge in [0.2, 0.25) is 17.8 Å². The Kier molecular flexibility index (Phi) is 6.76. The van der Waals surface area contributed by atoms with Crippen LogP contribution in [0.2, 0.25) is 0 Å². The van der Waals surface area contributed by atoms with Gasteiger partial charge in [0.05, 0.1) is 11.9 Å². The number of rotatable bonds is 4. The molecule has 4 rings (SSSR count). The van der Waals surface area contributed by atoms with Crippen LogP contribution >= 0.6 is 12.4 Å². The van der Waals surface area contributed by atoms with Gasteiger partial charge >= 0.3 is 0 Å². The molecule has 148 valence electrons. The minimum Gasteiger partial charge on any atom is -0.338 e. The number of halogens is 1. The predicted octanol–water partition coefficient (Wildman–Crippen LogP) is 0.123. The maximum absolute atomic E-state index is 8.89. The van der Waals surface area contributed by atoms with Crippen LogP contribution in [-0.4, -0.2) is 72.3 Å². The van der Waals surface area contributed by atoms with Gasteiger partial charge in [0.25, 0.3) is 0 Å². The van der Waals surface area contributed by atoms with Crippen molar-refractivity contribution in [2.75, 3.05) is 67.5 Å². The molecular formula is C17H23ClN10. The first-order chi connectivity index (χ1) is 13.3.